The largest absolute Gasteiger partial charge is 0.573 e. The Labute approximate surface area is 312 Å². The lowest BCUT2D eigenvalue weighted by Gasteiger charge is -2.50. The number of hydrogen-bond acceptors (Lipinski definition) is 9. The molecule has 3 fully saturated rings. The van der Waals surface area contributed by atoms with Crippen LogP contribution >= 0.6 is 0 Å². The lowest BCUT2D eigenvalue weighted by atomic mass is 9.49. The highest BCUT2D eigenvalue weighted by molar-refractivity contribution is 6.58. The summed E-state index contributed by atoms with van der Waals surface area (Å²) >= 11 is 0. The molecule has 4 aromatic carbocycles. The van der Waals surface area contributed by atoms with Gasteiger partial charge >= 0.3 is 13.5 Å². The first-order chi connectivity index (χ1) is 26.2. The van der Waals surface area contributed by atoms with Gasteiger partial charge in [0.15, 0.2) is 0 Å². The number of imide groups is 2. The van der Waals surface area contributed by atoms with Crippen LogP contribution in [0.15, 0.2) is 109 Å². The second-order valence-corrected chi connectivity index (χ2v) is 14.3. The molecular formula is C40H33BF3N3O8. The quantitative estimate of drug-likeness (QED) is 0.122. The molecule has 4 amide bonds. The van der Waals surface area contributed by atoms with Gasteiger partial charge in [-0.25, -0.2) is 0 Å². The van der Waals surface area contributed by atoms with Crippen LogP contribution in [0.2, 0.25) is 0 Å². The number of rotatable bonds is 7. The van der Waals surface area contributed by atoms with E-state index in [1.54, 1.807) is 60.7 Å². The standard InChI is InChI=1S/C40H33BF3N3O8/c1-21-10-12-24(13-11-21)45-47-36(50)31-20-29-27(15-16-28-33(29)37(51)46(35(28)49)25-9-5-8-23(18-25)41(53)54)34(39(31,38(47)52)22-6-3-2-4-7-22)30-19-26(14-17-32(30)48)55-40(42,43)44/h2-15,17-19,28-29,31,33-34,45,48,53-54H,16,20H2,1H3/t28-,29+,31-,33-,34+,39+/m0/s1. The predicted molar refractivity (Wildman–Crippen MR) is 192 cm³/mol. The summed E-state index contributed by atoms with van der Waals surface area (Å²) in [5.41, 5.74) is 3.20. The molecule has 6 atom stereocenters. The Balaban J connectivity index is 1.33. The number of ether oxygens (including phenoxy) is 1. The molecule has 0 aromatic heterocycles. The van der Waals surface area contributed by atoms with Crippen molar-refractivity contribution in [2.75, 3.05) is 10.3 Å². The zero-order chi connectivity index (χ0) is 39.0. The van der Waals surface area contributed by atoms with Crippen molar-refractivity contribution in [1.29, 1.82) is 0 Å². The van der Waals surface area contributed by atoms with E-state index < -0.39 is 83.6 Å². The van der Waals surface area contributed by atoms with Crippen LogP contribution < -0.4 is 20.5 Å². The van der Waals surface area contributed by atoms with E-state index in [9.17, 15) is 42.7 Å². The third-order valence-corrected chi connectivity index (χ3v) is 11.4. The van der Waals surface area contributed by atoms with Crippen LogP contribution in [0.4, 0.5) is 24.5 Å². The summed E-state index contributed by atoms with van der Waals surface area (Å²) in [5.74, 6) is -9.12. The van der Waals surface area contributed by atoms with E-state index in [1.165, 1.54) is 24.3 Å². The van der Waals surface area contributed by atoms with Gasteiger partial charge < -0.3 is 19.9 Å². The number of nitrogens with zero attached hydrogens (tertiary/aromatic N) is 2. The van der Waals surface area contributed by atoms with Gasteiger partial charge in [-0.2, -0.15) is 5.01 Å². The average Bonchev–Trinajstić information content (AvgIpc) is 3.54. The Kier molecular flexibility index (Phi) is 8.61. The van der Waals surface area contributed by atoms with E-state index in [0.29, 0.717) is 16.8 Å². The number of hydrazine groups is 1. The third-order valence-electron chi connectivity index (χ3n) is 11.4. The molecule has 2 aliphatic carbocycles. The van der Waals surface area contributed by atoms with E-state index in [4.69, 9.17) is 0 Å². The van der Waals surface area contributed by atoms with Crippen molar-refractivity contribution in [2.24, 2.45) is 23.7 Å². The third kappa shape index (κ3) is 5.76. The van der Waals surface area contributed by atoms with Gasteiger partial charge in [-0.1, -0.05) is 71.8 Å². The Morgan fingerprint density at radius 2 is 1.58 bits per heavy atom. The number of amides is 4. The highest BCUT2D eigenvalue weighted by Gasteiger charge is 2.70. The number of nitrogens with one attached hydrogen (secondary N) is 1. The minimum Gasteiger partial charge on any atom is -0.508 e. The molecule has 2 saturated heterocycles. The van der Waals surface area contributed by atoms with Gasteiger partial charge in [0.05, 0.1) is 34.5 Å². The molecule has 1 saturated carbocycles. The van der Waals surface area contributed by atoms with Crippen LogP contribution in [-0.4, -0.2) is 57.3 Å². The van der Waals surface area contributed by atoms with E-state index in [0.717, 1.165) is 33.7 Å². The molecule has 15 heteroatoms. The van der Waals surface area contributed by atoms with Gasteiger partial charge in [-0.3, -0.25) is 29.5 Å². The van der Waals surface area contributed by atoms with Gasteiger partial charge in [0.2, 0.25) is 11.8 Å². The topological polar surface area (TPSA) is 157 Å². The molecule has 4 aliphatic rings. The van der Waals surface area contributed by atoms with E-state index in [1.807, 2.05) is 6.92 Å². The number of fused-ring (bicyclic) bond motifs is 4. The maximum absolute atomic E-state index is 15.2. The highest BCUT2D eigenvalue weighted by atomic mass is 19.4. The average molecular weight is 752 g/mol. The van der Waals surface area contributed by atoms with Crippen LogP contribution in [0.3, 0.4) is 0 Å². The molecule has 280 valence electrons. The lowest BCUT2D eigenvalue weighted by molar-refractivity contribution is -0.274. The molecular weight excluding hydrogens is 718 g/mol. The van der Waals surface area contributed by atoms with Gasteiger partial charge in [0.25, 0.3) is 11.8 Å². The summed E-state index contributed by atoms with van der Waals surface area (Å²) in [6, 6.07) is 23.9. The maximum atomic E-state index is 15.2. The van der Waals surface area contributed by atoms with Crippen molar-refractivity contribution in [3.63, 3.8) is 0 Å². The number of anilines is 2. The van der Waals surface area contributed by atoms with Gasteiger partial charge in [-0.05, 0) is 79.2 Å². The number of phenolic OH excluding ortho intramolecular Hbond substituents is 1. The molecule has 55 heavy (non-hydrogen) atoms. The van der Waals surface area contributed by atoms with Crippen LogP contribution in [0, 0.1) is 30.6 Å². The number of benzene rings is 4. The summed E-state index contributed by atoms with van der Waals surface area (Å²) in [5, 5.41) is 32.0. The second kappa shape index (κ2) is 13.1. The molecule has 2 heterocycles. The molecule has 0 radical (unpaired) electrons. The number of halogens is 3. The molecule has 11 nitrogen and oxygen atoms in total. The summed E-state index contributed by atoms with van der Waals surface area (Å²) < 4.78 is 45.1. The van der Waals surface area contributed by atoms with Crippen LogP contribution in [0.5, 0.6) is 11.5 Å². The fourth-order valence-electron chi connectivity index (χ4n) is 9.13. The fraction of sp³-hybridized carbons (Fsp3) is 0.250. The monoisotopic (exact) mass is 751 g/mol. The minimum absolute atomic E-state index is 0.00109. The molecule has 4 aromatic rings. The molecule has 0 bridgehead atoms. The van der Waals surface area contributed by atoms with Crippen molar-refractivity contribution >= 4 is 47.6 Å². The maximum Gasteiger partial charge on any atom is 0.573 e. The number of hydrogen-bond donors (Lipinski definition) is 4. The number of allylic oxidation sites excluding steroid dienone is 2. The van der Waals surface area contributed by atoms with Crippen molar-refractivity contribution in [3.8, 4) is 11.5 Å². The van der Waals surface area contributed by atoms with Gasteiger partial charge in [0.1, 0.15) is 11.5 Å². The highest BCUT2D eigenvalue weighted by Crippen LogP contribution is 2.65. The number of aromatic hydroxyl groups is 1. The first-order valence-electron chi connectivity index (χ1n) is 17.6. The molecule has 2 aliphatic heterocycles. The lowest BCUT2D eigenvalue weighted by Crippen LogP contribution is -2.53. The SMILES string of the molecule is Cc1ccc(NN2C(=O)[C@@H]3C[C@@H]4C(=CC[C@@H]5C(=O)N(c6cccc(B(O)O)c6)C(=O)[C@@H]54)[C@H](c4cc(OC(F)(F)F)ccc4O)[C@]3(c3ccccc3)C2=O)cc1. The Bertz CT molecular complexity index is 2270. The zero-order valence-electron chi connectivity index (χ0n) is 29.1. The number of carbonyl (C=O) groups is 4. The Hall–Kier alpha value is -5.93. The second-order valence-electron chi connectivity index (χ2n) is 14.3. The normalized spacial score (nSPS) is 26.0. The molecule has 0 unspecified atom stereocenters. The fourth-order valence-corrected chi connectivity index (χ4v) is 9.13. The van der Waals surface area contributed by atoms with Crippen LogP contribution in [0.25, 0.3) is 0 Å². The van der Waals surface area contributed by atoms with E-state index >= 15 is 4.79 Å². The smallest absolute Gasteiger partial charge is 0.508 e. The number of aryl methyl sites for hydroxylation is 1. The Morgan fingerprint density at radius 3 is 2.27 bits per heavy atom. The van der Waals surface area contributed by atoms with Crippen LogP contribution in [0.1, 0.15) is 35.4 Å². The van der Waals surface area contributed by atoms with E-state index in [-0.39, 0.29) is 29.6 Å². The summed E-state index contributed by atoms with van der Waals surface area (Å²) in [6.07, 6.45) is -3.50. The molecule has 0 spiro atoms. The summed E-state index contributed by atoms with van der Waals surface area (Å²) in [7, 11) is -1.87. The first kappa shape index (κ1) is 36.1. The van der Waals surface area contributed by atoms with Crippen molar-refractivity contribution in [1.82, 2.24) is 5.01 Å². The van der Waals surface area contributed by atoms with Crippen molar-refractivity contribution in [3.05, 3.63) is 125 Å². The minimum atomic E-state index is -5.10. The van der Waals surface area contributed by atoms with Gasteiger partial charge in [0, 0.05) is 11.5 Å². The zero-order valence-corrected chi connectivity index (χ0v) is 29.1. The molecule has 4 N–H and O–H groups in total. The first-order valence-corrected chi connectivity index (χ1v) is 17.6. The van der Waals surface area contributed by atoms with Crippen molar-refractivity contribution in [2.45, 2.75) is 37.5 Å². The summed E-state index contributed by atoms with van der Waals surface area (Å²) in [4.78, 5) is 59.6. The van der Waals surface area contributed by atoms with Crippen LogP contribution in [-0.2, 0) is 24.6 Å². The number of phenols is 1. The van der Waals surface area contributed by atoms with E-state index in [2.05, 4.69) is 10.2 Å². The Morgan fingerprint density at radius 1 is 0.855 bits per heavy atom. The number of alkyl halides is 3. The molecule has 8 rings (SSSR count). The van der Waals surface area contributed by atoms with Crippen molar-refractivity contribution < 1.29 is 52.2 Å². The summed E-state index contributed by atoms with van der Waals surface area (Å²) in [6.45, 7) is 1.87. The van der Waals surface area contributed by atoms with Gasteiger partial charge in [-0.15, -0.1) is 13.2 Å². The number of carbonyl (C=O) groups excluding carboxylic acids is 4. The predicted octanol–water partition coefficient (Wildman–Crippen LogP) is 4.47.